The molecule has 2 saturated heterocycles. The molecule has 0 aromatic heterocycles. The Morgan fingerprint density at radius 1 is 1.39 bits per heavy atom. The van der Waals surface area contributed by atoms with Crippen LogP contribution in [0.3, 0.4) is 0 Å². The lowest BCUT2D eigenvalue weighted by Gasteiger charge is -2.41. The monoisotopic (exact) mass is 399 g/mol. The highest BCUT2D eigenvalue weighted by atomic mass is 79.9. The van der Waals surface area contributed by atoms with Crippen molar-refractivity contribution in [3.8, 4) is 5.75 Å². The zero-order valence-electron chi connectivity index (χ0n) is 13.1. The van der Waals surface area contributed by atoms with Crippen molar-refractivity contribution < 1.29 is 19.1 Å². The van der Waals surface area contributed by atoms with Gasteiger partial charge in [0, 0.05) is 10.3 Å². The zero-order chi connectivity index (χ0) is 16.8. The minimum Gasteiger partial charge on any atom is -0.496 e. The number of ether oxygens (including phenoxy) is 2. The number of β-lactam (4-membered cyclic amide) rings is 1. The number of benzene rings is 1. The Morgan fingerprint density at radius 3 is 2.78 bits per heavy atom. The van der Waals surface area contributed by atoms with Crippen molar-refractivity contribution in [1.29, 1.82) is 0 Å². The number of para-hydroxylation sites is 1. The van der Waals surface area contributed by atoms with Crippen LogP contribution in [-0.4, -0.2) is 44.9 Å². The van der Waals surface area contributed by atoms with Crippen LogP contribution in [0.1, 0.15) is 19.4 Å². The number of carbonyl (C=O) groups is 2. The third kappa shape index (κ3) is 2.74. The lowest BCUT2D eigenvalue weighted by molar-refractivity contribution is -0.161. The van der Waals surface area contributed by atoms with Crippen LogP contribution in [0.5, 0.6) is 5.75 Å². The molecule has 2 aliphatic rings. The van der Waals surface area contributed by atoms with E-state index in [1.54, 1.807) is 23.8 Å². The Hall–Kier alpha value is -1.21. The number of nitrogens with zero attached hydrogens (tertiary/aromatic N) is 1. The first-order valence-corrected chi connectivity index (χ1v) is 9.09. The van der Waals surface area contributed by atoms with E-state index in [0.717, 1.165) is 5.56 Å². The molecular weight excluding hydrogens is 382 g/mol. The largest absolute Gasteiger partial charge is 0.496 e. The van der Waals surface area contributed by atoms with Crippen molar-refractivity contribution in [2.24, 2.45) is 0 Å². The van der Waals surface area contributed by atoms with Gasteiger partial charge in [0.2, 0.25) is 5.91 Å². The maximum Gasteiger partial charge on any atom is 0.330 e. The predicted octanol–water partition coefficient (Wildman–Crippen LogP) is 2.56. The molecule has 7 heteroatoms. The molecule has 0 spiro atoms. The van der Waals surface area contributed by atoms with E-state index in [4.69, 9.17) is 9.47 Å². The number of hydrogen-bond donors (Lipinski definition) is 0. The van der Waals surface area contributed by atoms with Crippen LogP contribution >= 0.6 is 27.7 Å². The number of esters is 1. The summed E-state index contributed by atoms with van der Waals surface area (Å²) in [5.41, 5.74) is 0.802. The zero-order valence-corrected chi connectivity index (χ0v) is 15.5. The molecule has 1 amide bonds. The van der Waals surface area contributed by atoms with Crippen molar-refractivity contribution in [3.05, 3.63) is 29.8 Å². The molecule has 3 rings (SSSR count). The maximum absolute atomic E-state index is 12.6. The fraction of sp³-hybridized carbons (Fsp3) is 0.500. The molecular formula is C16H18BrNO4S. The fourth-order valence-electron chi connectivity index (χ4n) is 3.00. The van der Waals surface area contributed by atoms with Gasteiger partial charge in [0.1, 0.15) is 28.6 Å². The summed E-state index contributed by atoms with van der Waals surface area (Å²) in [5.74, 6) is 0.259. The number of thioether (sulfide) groups is 1. The minimum atomic E-state index is -0.562. The van der Waals surface area contributed by atoms with Gasteiger partial charge in [0.25, 0.3) is 0 Å². The molecule has 0 bridgehead atoms. The Morgan fingerprint density at radius 2 is 2.09 bits per heavy atom. The number of rotatable bonds is 4. The van der Waals surface area contributed by atoms with Crippen molar-refractivity contribution >= 4 is 39.6 Å². The smallest absolute Gasteiger partial charge is 0.330 e. The normalized spacial score (nSPS) is 28.1. The van der Waals surface area contributed by atoms with Crippen LogP contribution in [0.25, 0.3) is 0 Å². The number of hydrogen-bond acceptors (Lipinski definition) is 5. The van der Waals surface area contributed by atoms with Gasteiger partial charge in [-0.1, -0.05) is 34.1 Å². The molecule has 2 heterocycles. The predicted molar refractivity (Wildman–Crippen MR) is 91.6 cm³/mol. The summed E-state index contributed by atoms with van der Waals surface area (Å²) in [5, 5.41) is 0.00121. The van der Waals surface area contributed by atoms with Gasteiger partial charge < -0.3 is 14.4 Å². The second-order valence-corrected chi connectivity index (χ2v) is 8.84. The van der Waals surface area contributed by atoms with Crippen LogP contribution < -0.4 is 4.74 Å². The average molecular weight is 400 g/mol. The van der Waals surface area contributed by atoms with Crippen LogP contribution in [0.15, 0.2) is 24.3 Å². The summed E-state index contributed by atoms with van der Waals surface area (Å²) in [7, 11) is 1.58. The van der Waals surface area contributed by atoms with E-state index >= 15 is 0 Å². The number of halogens is 1. The Labute approximate surface area is 147 Å². The molecule has 5 nitrogen and oxygen atoms in total. The molecule has 124 valence electrons. The molecule has 0 N–H and O–H groups in total. The van der Waals surface area contributed by atoms with Crippen LogP contribution in [0, 0.1) is 0 Å². The molecule has 23 heavy (non-hydrogen) atoms. The SMILES string of the molecule is COc1ccccc1COC(=O)[C@@H]1N2C(=O)[C@H](Br)[C@H]2SC1(C)C. The van der Waals surface area contributed by atoms with E-state index in [1.807, 2.05) is 38.1 Å². The fourth-order valence-corrected chi connectivity index (χ4v) is 5.35. The van der Waals surface area contributed by atoms with Crippen molar-refractivity contribution in [2.45, 2.75) is 41.4 Å². The first kappa shape index (κ1) is 16.6. The third-order valence-corrected chi connectivity index (χ3v) is 6.98. The van der Waals surface area contributed by atoms with Gasteiger partial charge in [-0.05, 0) is 19.9 Å². The highest BCUT2D eigenvalue weighted by Crippen LogP contribution is 2.53. The van der Waals surface area contributed by atoms with E-state index in [-0.39, 0.29) is 33.4 Å². The highest BCUT2D eigenvalue weighted by Gasteiger charge is 2.63. The number of methoxy groups -OCH3 is 1. The molecule has 2 aliphatic heterocycles. The standard InChI is InChI=1S/C16H18BrNO4S/c1-16(2)12(18-13(19)11(17)14(18)23-16)15(20)22-8-9-6-4-5-7-10(9)21-3/h4-7,11-12,14H,8H2,1-3H3/t11-,12-,14+/m0/s1. The second-order valence-electron chi connectivity index (χ2n) is 6.08. The summed E-state index contributed by atoms with van der Waals surface area (Å²) in [6.07, 6.45) is 0. The average Bonchev–Trinajstić information content (AvgIpc) is 2.81. The molecule has 0 aliphatic carbocycles. The lowest BCUT2D eigenvalue weighted by Crippen LogP contribution is -2.63. The summed E-state index contributed by atoms with van der Waals surface area (Å²) in [6, 6.07) is 6.84. The number of amides is 1. The molecule has 0 saturated carbocycles. The lowest BCUT2D eigenvalue weighted by atomic mass is 9.98. The van der Waals surface area contributed by atoms with E-state index < -0.39 is 6.04 Å². The van der Waals surface area contributed by atoms with Gasteiger partial charge in [0.15, 0.2) is 0 Å². The summed E-state index contributed by atoms with van der Waals surface area (Å²) in [4.78, 5) is 26.1. The van der Waals surface area contributed by atoms with E-state index in [9.17, 15) is 9.59 Å². The third-order valence-electron chi connectivity index (χ3n) is 4.16. The molecule has 1 aromatic rings. The topological polar surface area (TPSA) is 55.8 Å². The maximum atomic E-state index is 12.6. The van der Waals surface area contributed by atoms with Crippen molar-refractivity contribution in [1.82, 2.24) is 4.90 Å². The minimum absolute atomic E-state index is 0.00121. The molecule has 1 aromatic carbocycles. The van der Waals surface area contributed by atoms with Crippen molar-refractivity contribution in [2.75, 3.05) is 7.11 Å². The van der Waals surface area contributed by atoms with Gasteiger partial charge in [-0.15, -0.1) is 11.8 Å². The van der Waals surface area contributed by atoms with Gasteiger partial charge in [-0.3, -0.25) is 4.79 Å². The Kier molecular flexibility index (Phi) is 4.35. The first-order valence-electron chi connectivity index (χ1n) is 7.29. The summed E-state index contributed by atoms with van der Waals surface area (Å²) in [6.45, 7) is 4.07. The second kappa shape index (κ2) is 6.02. The van der Waals surface area contributed by atoms with Gasteiger partial charge in [-0.2, -0.15) is 0 Å². The van der Waals surface area contributed by atoms with E-state index in [0.29, 0.717) is 5.75 Å². The van der Waals surface area contributed by atoms with Gasteiger partial charge in [-0.25, -0.2) is 4.79 Å². The summed E-state index contributed by atoms with van der Waals surface area (Å²) < 4.78 is 10.4. The number of fused-ring (bicyclic) bond motifs is 1. The molecule has 0 radical (unpaired) electrons. The van der Waals surface area contributed by atoms with Gasteiger partial charge >= 0.3 is 5.97 Å². The Bertz CT molecular complexity index is 651. The van der Waals surface area contributed by atoms with Crippen LogP contribution in [0.4, 0.5) is 0 Å². The number of alkyl halides is 1. The molecule has 3 atom stereocenters. The van der Waals surface area contributed by atoms with Crippen molar-refractivity contribution in [3.63, 3.8) is 0 Å². The highest BCUT2D eigenvalue weighted by molar-refractivity contribution is 9.10. The number of carbonyl (C=O) groups excluding carboxylic acids is 2. The Balaban J connectivity index is 1.72. The van der Waals surface area contributed by atoms with E-state index in [2.05, 4.69) is 15.9 Å². The summed E-state index contributed by atoms with van der Waals surface area (Å²) >= 11 is 5.00. The first-order chi connectivity index (χ1) is 10.9. The van der Waals surface area contributed by atoms with Gasteiger partial charge in [0.05, 0.1) is 7.11 Å². The molecule has 2 fully saturated rings. The van der Waals surface area contributed by atoms with Crippen LogP contribution in [0.2, 0.25) is 0 Å². The quantitative estimate of drug-likeness (QED) is 0.442. The molecule has 0 unspecified atom stereocenters. The van der Waals surface area contributed by atoms with E-state index in [1.165, 1.54) is 0 Å². The van der Waals surface area contributed by atoms with Crippen LogP contribution in [-0.2, 0) is 20.9 Å².